The van der Waals surface area contributed by atoms with Gasteiger partial charge >= 0.3 is 5.97 Å². The van der Waals surface area contributed by atoms with Gasteiger partial charge in [-0.3, -0.25) is 9.69 Å². The third-order valence-corrected chi connectivity index (χ3v) is 4.81. The van der Waals surface area contributed by atoms with Crippen LogP contribution < -0.4 is 4.74 Å². The number of carboxylic acids is 1. The smallest absolute Gasteiger partial charge is 0.303 e. The van der Waals surface area contributed by atoms with Gasteiger partial charge in [0, 0.05) is 36.0 Å². The van der Waals surface area contributed by atoms with Crippen molar-refractivity contribution in [3.8, 4) is 5.75 Å². The van der Waals surface area contributed by atoms with Crippen molar-refractivity contribution < 1.29 is 14.6 Å². The topological polar surface area (TPSA) is 49.8 Å². The molecule has 0 aromatic heterocycles. The van der Waals surface area contributed by atoms with E-state index in [0.29, 0.717) is 5.92 Å². The van der Waals surface area contributed by atoms with E-state index in [4.69, 9.17) is 9.84 Å². The second-order valence-electron chi connectivity index (χ2n) is 5.97. The Morgan fingerprint density at radius 1 is 1.48 bits per heavy atom. The third kappa shape index (κ3) is 3.58. The molecule has 0 saturated carbocycles. The van der Waals surface area contributed by atoms with Gasteiger partial charge in [0.2, 0.25) is 0 Å². The number of hydrogen-bond acceptors (Lipinski definition) is 3. The van der Waals surface area contributed by atoms with Crippen molar-refractivity contribution in [2.24, 2.45) is 5.92 Å². The van der Waals surface area contributed by atoms with E-state index >= 15 is 0 Å². The van der Waals surface area contributed by atoms with Crippen molar-refractivity contribution in [2.75, 3.05) is 19.7 Å². The van der Waals surface area contributed by atoms with Crippen LogP contribution in [0.3, 0.4) is 0 Å². The van der Waals surface area contributed by atoms with Crippen LogP contribution in [-0.4, -0.2) is 35.7 Å². The number of carboxylic acid groups (broad SMARTS) is 1. The summed E-state index contributed by atoms with van der Waals surface area (Å²) in [7, 11) is 0. The van der Waals surface area contributed by atoms with E-state index in [1.54, 1.807) is 0 Å². The number of rotatable bonds is 5. The Kier molecular flexibility index (Phi) is 4.50. The fraction of sp³-hybridized carbons (Fsp3) is 0.562. The summed E-state index contributed by atoms with van der Waals surface area (Å²) in [5.74, 6) is 0.890. The first-order valence-corrected chi connectivity index (χ1v) is 8.29. The molecule has 21 heavy (non-hydrogen) atoms. The summed E-state index contributed by atoms with van der Waals surface area (Å²) in [5, 5.41) is 8.78. The molecule has 4 nitrogen and oxygen atoms in total. The second-order valence-corrected chi connectivity index (χ2v) is 6.89. The standard InChI is InChI=1S/C16H20BrNO3/c17-14-7-12-4-6-21-16(12)13(8-14)10-18-5-3-11(9-18)1-2-15(19)20/h7-8,11H,1-6,9-10H2,(H,19,20). The molecule has 3 rings (SSSR count). The minimum atomic E-state index is -0.688. The minimum absolute atomic E-state index is 0.286. The van der Waals surface area contributed by atoms with Gasteiger partial charge in [0.05, 0.1) is 6.61 Å². The van der Waals surface area contributed by atoms with Crippen molar-refractivity contribution in [3.05, 3.63) is 27.7 Å². The lowest BCUT2D eigenvalue weighted by Gasteiger charge is -2.18. The molecule has 0 bridgehead atoms. The molecule has 0 aliphatic carbocycles. The van der Waals surface area contributed by atoms with E-state index in [2.05, 4.69) is 33.0 Å². The van der Waals surface area contributed by atoms with Crippen LogP contribution in [0, 0.1) is 5.92 Å². The van der Waals surface area contributed by atoms with Gasteiger partial charge in [-0.15, -0.1) is 0 Å². The summed E-state index contributed by atoms with van der Waals surface area (Å²) in [6.45, 7) is 3.71. The normalized spacial score (nSPS) is 21.3. The van der Waals surface area contributed by atoms with E-state index in [0.717, 1.165) is 55.7 Å². The zero-order valence-corrected chi connectivity index (χ0v) is 13.6. The van der Waals surface area contributed by atoms with Crippen LogP contribution >= 0.6 is 15.9 Å². The number of hydrogen-bond donors (Lipinski definition) is 1. The Hall–Kier alpha value is -1.07. The summed E-state index contributed by atoms with van der Waals surface area (Å²) in [4.78, 5) is 13.1. The SMILES string of the molecule is O=C(O)CCC1CCN(Cc2cc(Br)cc3c2OCC3)C1. The molecule has 1 N–H and O–H groups in total. The van der Waals surface area contributed by atoms with Crippen molar-refractivity contribution in [2.45, 2.75) is 32.2 Å². The van der Waals surface area contributed by atoms with Crippen molar-refractivity contribution in [3.63, 3.8) is 0 Å². The molecule has 1 aromatic carbocycles. The first-order chi connectivity index (χ1) is 10.1. The van der Waals surface area contributed by atoms with Gasteiger partial charge in [-0.2, -0.15) is 0 Å². The minimum Gasteiger partial charge on any atom is -0.493 e. The number of carbonyl (C=O) groups is 1. The third-order valence-electron chi connectivity index (χ3n) is 4.36. The van der Waals surface area contributed by atoms with Crippen LogP contribution in [0.1, 0.15) is 30.4 Å². The zero-order chi connectivity index (χ0) is 14.8. The van der Waals surface area contributed by atoms with Crippen LogP contribution in [-0.2, 0) is 17.8 Å². The van der Waals surface area contributed by atoms with Crippen LogP contribution in [0.4, 0.5) is 0 Å². The number of fused-ring (bicyclic) bond motifs is 1. The number of halogens is 1. The van der Waals surface area contributed by atoms with Gasteiger partial charge in [0.1, 0.15) is 5.75 Å². The average Bonchev–Trinajstić information content (AvgIpc) is 3.05. The molecule has 2 aliphatic rings. The Morgan fingerprint density at radius 2 is 2.33 bits per heavy atom. The molecular formula is C16H20BrNO3. The average molecular weight is 354 g/mol. The predicted molar refractivity (Wildman–Crippen MR) is 83.6 cm³/mol. The van der Waals surface area contributed by atoms with E-state index in [1.165, 1.54) is 11.1 Å². The van der Waals surface area contributed by atoms with Crippen LogP contribution in [0.5, 0.6) is 5.75 Å². The maximum Gasteiger partial charge on any atom is 0.303 e. The van der Waals surface area contributed by atoms with E-state index in [1.807, 2.05) is 0 Å². The molecule has 1 unspecified atom stereocenters. The summed E-state index contributed by atoms with van der Waals surface area (Å²) >= 11 is 3.58. The monoisotopic (exact) mass is 353 g/mol. The molecule has 5 heteroatoms. The Bertz CT molecular complexity index is 547. The lowest BCUT2D eigenvalue weighted by molar-refractivity contribution is -0.137. The van der Waals surface area contributed by atoms with E-state index in [9.17, 15) is 4.79 Å². The highest BCUT2D eigenvalue weighted by Crippen LogP contribution is 2.34. The van der Waals surface area contributed by atoms with E-state index in [-0.39, 0.29) is 6.42 Å². The fourth-order valence-corrected chi connectivity index (χ4v) is 3.88. The number of benzene rings is 1. The molecule has 1 atom stereocenters. The number of ether oxygens (including phenoxy) is 1. The van der Waals surface area contributed by atoms with Crippen molar-refractivity contribution in [1.82, 2.24) is 4.90 Å². The second kappa shape index (κ2) is 6.36. The molecule has 1 aromatic rings. The molecule has 114 valence electrons. The molecule has 2 aliphatic heterocycles. The lowest BCUT2D eigenvalue weighted by atomic mass is 10.0. The Morgan fingerprint density at radius 3 is 3.14 bits per heavy atom. The number of likely N-dealkylation sites (tertiary alicyclic amines) is 1. The van der Waals surface area contributed by atoms with Gasteiger partial charge in [0.25, 0.3) is 0 Å². The van der Waals surface area contributed by atoms with E-state index < -0.39 is 5.97 Å². The number of nitrogens with zero attached hydrogens (tertiary/aromatic N) is 1. The molecule has 1 saturated heterocycles. The highest BCUT2D eigenvalue weighted by molar-refractivity contribution is 9.10. The van der Waals surface area contributed by atoms with Gasteiger partial charge < -0.3 is 9.84 Å². The Balaban J connectivity index is 1.62. The zero-order valence-electron chi connectivity index (χ0n) is 12.0. The molecule has 1 fully saturated rings. The molecule has 2 heterocycles. The molecule has 0 spiro atoms. The summed E-state index contributed by atoms with van der Waals surface area (Å²) < 4.78 is 6.89. The maximum absolute atomic E-state index is 10.7. The summed E-state index contributed by atoms with van der Waals surface area (Å²) in [6.07, 6.45) is 3.17. The molecule has 0 radical (unpaired) electrons. The summed E-state index contributed by atoms with van der Waals surface area (Å²) in [5.41, 5.74) is 2.54. The first-order valence-electron chi connectivity index (χ1n) is 7.50. The van der Waals surface area contributed by atoms with Crippen LogP contribution in [0.15, 0.2) is 16.6 Å². The molecular weight excluding hydrogens is 334 g/mol. The first kappa shape index (κ1) is 14.9. The van der Waals surface area contributed by atoms with Crippen LogP contribution in [0.25, 0.3) is 0 Å². The highest BCUT2D eigenvalue weighted by Gasteiger charge is 2.25. The van der Waals surface area contributed by atoms with Crippen molar-refractivity contribution >= 4 is 21.9 Å². The van der Waals surface area contributed by atoms with Gasteiger partial charge in [0.15, 0.2) is 0 Å². The van der Waals surface area contributed by atoms with Crippen LogP contribution in [0.2, 0.25) is 0 Å². The predicted octanol–water partition coefficient (Wildman–Crippen LogP) is 3.07. The van der Waals surface area contributed by atoms with Crippen molar-refractivity contribution in [1.29, 1.82) is 0 Å². The maximum atomic E-state index is 10.7. The summed E-state index contributed by atoms with van der Waals surface area (Å²) in [6, 6.07) is 4.29. The number of aliphatic carboxylic acids is 1. The fourth-order valence-electron chi connectivity index (χ4n) is 3.32. The Labute approximate surface area is 133 Å². The van der Waals surface area contributed by atoms with Gasteiger partial charge in [-0.05, 0) is 43.0 Å². The highest BCUT2D eigenvalue weighted by atomic mass is 79.9. The van der Waals surface area contributed by atoms with Gasteiger partial charge in [-0.25, -0.2) is 0 Å². The van der Waals surface area contributed by atoms with Gasteiger partial charge in [-0.1, -0.05) is 15.9 Å². The largest absolute Gasteiger partial charge is 0.493 e. The lowest BCUT2D eigenvalue weighted by Crippen LogP contribution is -2.20. The molecule has 0 amide bonds. The quantitative estimate of drug-likeness (QED) is 0.883.